The molecular formula is C19H24O4. The Bertz CT molecular complexity index is 624. The lowest BCUT2D eigenvalue weighted by molar-refractivity contribution is -0.134. The highest BCUT2D eigenvalue weighted by molar-refractivity contribution is 5.89. The number of ether oxygens (including phenoxy) is 1. The van der Waals surface area contributed by atoms with E-state index in [1.807, 2.05) is 25.1 Å². The molecule has 0 bridgehead atoms. The van der Waals surface area contributed by atoms with Crippen molar-refractivity contribution >= 4 is 11.8 Å². The van der Waals surface area contributed by atoms with Crippen LogP contribution in [-0.2, 0) is 14.9 Å². The fourth-order valence-corrected chi connectivity index (χ4v) is 4.73. The first-order chi connectivity index (χ1) is 11.0. The van der Waals surface area contributed by atoms with E-state index in [0.717, 1.165) is 24.8 Å². The number of methoxy groups -OCH3 is 1. The van der Waals surface area contributed by atoms with Crippen LogP contribution in [0.4, 0.5) is 0 Å². The van der Waals surface area contributed by atoms with Crippen LogP contribution in [-0.4, -0.2) is 30.1 Å². The topological polar surface area (TPSA) is 63.6 Å². The Morgan fingerprint density at radius 3 is 2.87 bits per heavy atom. The predicted octanol–water partition coefficient (Wildman–Crippen LogP) is 2.87. The maximum atomic E-state index is 12.2. The summed E-state index contributed by atoms with van der Waals surface area (Å²) < 4.78 is 4.82. The van der Waals surface area contributed by atoms with E-state index in [-0.39, 0.29) is 17.8 Å². The largest absolute Gasteiger partial charge is 0.465 e. The Balaban J connectivity index is 2.09. The first-order valence-electron chi connectivity index (χ1n) is 8.40. The maximum absolute atomic E-state index is 12.2. The molecule has 1 aromatic carbocycles. The average molecular weight is 316 g/mol. The minimum Gasteiger partial charge on any atom is -0.465 e. The lowest BCUT2D eigenvalue weighted by atomic mass is 9.52. The van der Waals surface area contributed by atoms with Gasteiger partial charge in [0.15, 0.2) is 0 Å². The number of carbonyl (C=O) groups excluding carboxylic acids is 2. The number of hydrogen-bond acceptors (Lipinski definition) is 4. The van der Waals surface area contributed by atoms with Crippen molar-refractivity contribution in [2.45, 2.75) is 50.5 Å². The molecule has 2 aliphatic carbocycles. The Labute approximate surface area is 136 Å². The summed E-state index contributed by atoms with van der Waals surface area (Å²) in [5.74, 6) is 0.0229. The van der Waals surface area contributed by atoms with Crippen molar-refractivity contribution in [1.82, 2.24) is 0 Å². The van der Waals surface area contributed by atoms with Gasteiger partial charge in [0.05, 0.1) is 18.8 Å². The summed E-state index contributed by atoms with van der Waals surface area (Å²) in [4.78, 5) is 24.1. The second kappa shape index (κ2) is 6.08. The monoisotopic (exact) mass is 316 g/mol. The van der Waals surface area contributed by atoms with E-state index in [1.165, 1.54) is 7.11 Å². The van der Waals surface area contributed by atoms with E-state index >= 15 is 0 Å². The molecule has 3 rings (SSSR count). The van der Waals surface area contributed by atoms with Gasteiger partial charge < -0.3 is 9.84 Å². The number of fused-ring (bicyclic) bond motifs is 1. The molecule has 2 aliphatic rings. The molecule has 2 fully saturated rings. The number of Topliss-reactive ketones (excluding diaryl/α,β-unsaturated/α-hetero) is 1. The third kappa shape index (κ3) is 2.49. The summed E-state index contributed by atoms with van der Waals surface area (Å²) in [6, 6.07) is 7.40. The van der Waals surface area contributed by atoms with Gasteiger partial charge in [0, 0.05) is 17.8 Å². The summed E-state index contributed by atoms with van der Waals surface area (Å²) in [6.45, 7) is 1.99. The van der Waals surface area contributed by atoms with Crippen LogP contribution >= 0.6 is 0 Å². The SMILES string of the molecule is COC(=O)c1cccc([C@@]23CCC(=O)[C@@H](C)[C@H]2CCC[C@@H]3O)c1. The van der Waals surface area contributed by atoms with Crippen molar-refractivity contribution in [3.8, 4) is 0 Å². The number of aliphatic hydroxyl groups excluding tert-OH is 1. The Hall–Kier alpha value is -1.68. The predicted molar refractivity (Wildman–Crippen MR) is 86.2 cm³/mol. The molecule has 0 aromatic heterocycles. The van der Waals surface area contributed by atoms with E-state index in [9.17, 15) is 14.7 Å². The molecule has 23 heavy (non-hydrogen) atoms. The normalized spacial score (nSPS) is 33.9. The van der Waals surface area contributed by atoms with Crippen molar-refractivity contribution < 1.29 is 19.4 Å². The van der Waals surface area contributed by atoms with Gasteiger partial charge >= 0.3 is 5.97 Å². The molecule has 0 saturated heterocycles. The average Bonchev–Trinajstić information content (AvgIpc) is 2.58. The third-order valence-electron chi connectivity index (χ3n) is 5.97. The summed E-state index contributed by atoms with van der Waals surface area (Å²) in [7, 11) is 1.37. The van der Waals surface area contributed by atoms with Crippen LogP contribution in [0.1, 0.15) is 54.9 Å². The van der Waals surface area contributed by atoms with Gasteiger partial charge in [-0.3, -0.25) is 4.79 Å². The Morgan fingerprint density at radius 1 is 1.35 bits per heavy atom. The Kier molecular flexibility index (Phi) is 4.28. The zero-order valence-corrected chi connectivity index (χ0v) is 13.7. The molecule has 1 aromatic rings. The number of rotatable bonds is 2. The highest BCUT2D eigenvalue weighted by Crippen LogP contribution is 2.53. The van der Waals surface area contributed by atoms with Gasteiger partial charge in [0.25, 0.3) is 0 Å². The van der Waals surface area contributed by atoms with Crippen molar-refractivity contribution in [3.05, 3.63) is 35.4 Å². The van der Waals surface area contributed by atoms with Crippen molar-refractivity contribution in [3.63, 3.8) is 0 Å². The molecule has 4 heteroatoms. The fourth-order valence-electron chi connectivity index (χ4n) is 4.73. The fraction of sp³-hybridized carbons (Fsp3) is 0.579. The van der Waals surface area contributed by atoms with Crippen LogP contribution in [0, 0.1) is 11.8 Å². The number of aliphatic hydroxyl groups is 1. The molecular weight excluding hydrogens is 292 g/mol. The molecule has 124 valence electrons. The summed E-state index contributed by atoms with van der Waals surface area (Å²) in [6.07, 6.45) is 3.34. The van der Waals surface area contributed by atoms with Gasteiger partial charge in [-0.1, -0.05) is 25.5 Å². The first kappa shape index (κ1) is 16.2. The number of esters is 1. The second-order valence-electron chi connectivity index (χ2n) is 6.92. The lowest BCUT2D eigenvalue weighted by Crippen LogP contribution is -2.55. The van der Waals surface area contributed by atoms with E-state index in [0.29, 0.717) is 24.2 Å². The quantitative estimate of drug-likeness (QED) is 0.852. The zero-order chi connectivity index (χ0) is 16.6. The van der Waals surface area contributed by atoms with Crippen molar-refractivity contribution in [1.29, 1.82) is 0 Å². The van der Waals surface area contributed by atoms with Gasteiger partial charge in [-0.15, -0.1) is 0 Å². The first-order valence-corrected chi connectivity index (χ1v) is 8.40. The molecule has 4 atom stereocenters. The minimum atomic E-state index is -0.468. The van der Waals surface area contributed by atoms with Gasteiger partial charge in [-0.25, -0.2) is 4.79 Å². The van der Waals surface area contributed by atoms with E-state index in [4.69, 9.17) is 4.74 Å². The number of benzene rings is 1. The summed E-state index contributed by atoms with van der Waals surface area (Å²) in [5, 5.41) is 10.9. The summed E-state index contributed by atoms with van der Waals surface area (Å²) >= 11 is 0. The highest BCUT2D eigenvalue weighted by atomic mass is 16.5. The molecule has 0 aliphatic heterocycles. The third-order valence-corrected chi connectivity index (χ3v) is 5.97. The van der Waals surface area contributed by atoms with Gasteiger partial charge in [0.2, 0.25) is 0 Å². The zero-order valence-electron chi connectivity index (χ0n) is 13.7. The van der Waals surface area contributed by atoms with E-state index in [1.54, 1.807) is 6.07 Å². The molecule has 2 saturated carbocycles. The molecule has 1 N–H and O–H groups in total. The molecule has 0 spiro atoms. The van der Waals surface area contributed by atoms with Crippen LogP contribution in [0.5, 0.6) is 0 Å². The molecule has 0 amide bonds. The molecule has 0 heterocycles. The van der Waals surface area contributed by atoms with Crippen LogP contribution in [0.3, 0.4) is 0 Å². The standard InChI is InChI=1S/C19H24O4/c1-12-15-7-4-8-17(21)19(15,10-9-16(12)20)14-6-3-5-13(11-14)18(22)23-2/h3,5-6,11-12,15,17,21H,4,7-10H2,1-2H3/t12-,15+,17-,19-/m0/s1. The van der Waals surface area contributed by atoms with E-state index in [2.05, 4.69) is 0 Å². The smallest absolute Gasteiger partial charge is 0.337 e. The summed E-state index contributed by atoms with van der Waals surface area (Å²) in [5.41, 5.74) is 1.05. The number of ketones is 1. The number of hydrogen-bond donors (Lipinski definition) is 1. The van der Waals surface area contributed by atoms with Crippen LogP contribution < -0.4 is 0 Å². The van der Waals surface area contributed by atoms with Gasteiger partial charge in [0.1, 0.15) is 5.78 Å². The van der Waals surface area contributed by atoms with Crippen LogP contribution in [0.2, 0.25) is 0 Å². The minimum absolute atomic E-state index is 0.0412. The van der Waals surface area contributed by atoms with E-state index < -0.39 is 11.5 Å². The Morgan fingerprint density at radius 2 is 2.13 bits per heavy atom. The van der Waals surface area contributed by atoms with Crippen LogP contribution in [0.25, 0.3) is 0 Å². The number of carbonyl (C=O) groups is 2. The molecule has 0 unspecified atom stereocenters. The van der Waals surface area contributed by atoms with Crippen molar-refractivity contribution in [2.24, 2.45) is 11.8 Å². The molecule has 0 radical (unpaired) electrons. The second-order valence-corrected chi connectivity index (χ2v) is 6.92. The van der Waals surface area contributed by atoms with Gasteiger partial charge in [-0.2, -0.15) is 0 Å². The van der Waals surface area contributed by atoms with Crippen LogP contribution in [0.15, 0.2) is 24.3 Å². The van der Waals surface area contributed by atoms with Crippen molar-refractivity contribution in [2.75, 3.05) is 7.11 Å². The lowest BCUT2D eigenvalue weighted by Gasteiger charge is -2.53. The highest BCUT2D eigenvalue weighted by Gasteiger charge is 2.53. The molecule has 4 nitrogen and oxygen atoms in total. The maximum Gasteiger partial charge on any atom is 0.337 e. The van der Waals surface area contributed by atoms with Gasteiger partial charge in [-0.05, 0) is 42.9 Å².